The van der Waals surface area contributed by atoms with Gasteiger partial charge in [-0.3, -0.25) is 0 Å². The molecule has 1 aromatic heterocycles. The average molecular weight is 332 g/mol. The summed E-state index contributed by atoms with van der Waals surface area (Å²) < 4.78 is 13.9. The Labute approximate surface area is 124 Å². The molecule has 0 bridgehead atoms. The van der Waals surface area contributed by atoms with Crippen LogP contribution in [0.2, 0.25) is 0 Å². The number of benzene rings is 1. The molecule has 0 unspecified atom stereocenters. The van der Waals surface area contributed by atoms with Crippen molar-refractivity contribution in [1.82, 2.24) is 4.98 Å². The Morgan fingerprint density at radius 2 is 2.15 bits per heavy atom. The van der Waals surface area contributed by atoms with E-state index in [9.17, 15) is 9.65 Å². The summed E-state index contributed by atoms with van der Waals surface area (Å²) in [7, 11) is 0. The molecule has 0 amide bonds. The molecule has 3 rings (SSSR count). The molecular formula is C15H11BrFN3. The second kappa shape index (κ2) is 5.22. The van der Waals surface area contributed by atoms with Gasteiger partial charge < -0.3 is 5.32 Å². The molecule has 0 aliphatic heterocycles. The molecule has 0 spiro atoms. The van der Waals surface area contributed by atoms with Crippen molar-refractivity contribution in [2.24, 2.45) is 0 Å². The van der Waals surface area contributed by atoms with Gasteiger partial charge in [-0.15, -0.1) is 0 Å². The highest BCUT2D eigenvalue weighted by Crippen LogP contribution is 2.28. The second-order valence-electron chi connectivity index (χ2n) is 4.71. The number of nitriles is 1. The summed E-state index contributed by atoms with van der Waals surface area (Å²) in [5.41, 5.74) is 3.25. The lowest BCUT2D eigenvalue weighted by Crippen LogP contribution is -2.01. The topological polar surface area (TPSA) is 48.7 Å². The number of nitrogens with zero attached hydrogens (tertiary/aromatic N) is 2. The smallest absolute Gasteiger partial charge is 0.148 e. The maximum absolute atomic E-state index is 13.5. The van der Waals surface area contributed by atoms with Crippen LogP contribution in [0.15, 0.2) is 28.7 Å². The van der Waals surface area contributed by atoms with Crippen molar-refractivity contribution in [2.45, 2.75) is 19.3 Å². The number of aromatic nitrogens is 1. The number of rotatable bonds is 2. The fourth-order valence-electron chi connectivity index (χ4n) is 2.36. The van der Waals surface area contributed by atoms with Crippen LogP contribution in [0, 0.1) is 17.1 Å². The number of halogens is 2. The van der Waals surface area contributed by atoms with Crippen LogP contribution in [0.3, 0.4) is 0 Å². The number of anilines is 2. The fourth-order valence-corrected chi connectivity index (χ4v) is 2.61. The molecule has 0 saturated carbocycles. The summed E-state index contributed by atoms with van der Waals surface area (Å²) in [6.07, 6.45) is 2.98. The summed E-state index contributed by atoms with van der Waals surface area (Å²) in [5.74, 6) is 0.143. The normalized spacial score (nSPS) is 12.8. The van der Waals surface area contributed by atoms with Gasteiger partial charge in [-0.1, -0.05) is 0 Å². The van der Waals surface area contributed by atoms with Crippen LogP contribution in [0.5, 0.6) is 0 Å². The van der Waals surface area contributed by atoms with Gasteiger partial charge >= 0.3 is 0 Å². The highest BCUT2D eigenvalue weighted by Gasteiger charge is 2.16. The lowest BCUT2D eigenvalue weighted by Gasteiger charge is -2.10. The number of hydrogen-bond donors (Lipinski definition) is 1. The van der Waals surface area contributed by atoms with Crippen LogP contribution in [-0.2, 0) is 12.8 Å². The molecule has 1 aromatic carbocycles. The second-order valence-corrected chi connectivity index (χ2v) is 5.56. The van der Waals surface area contributed by atoms with E-state index in [1.54, 1.807) is 12.1 Å². The van der Waals surface area contributed by atoms with Crippen molar-refractivity contribution in [2.75, 3.05) is 5.32 Å². The van der Waals surface area contributed by atoms with E-state index in [1.165, 1.54) is 6.07 Å². The van der Waals surface area contributed by atoms with Crippen LogP contribution in [-0.4, -0.2) is 4.98 Å². The van der Waals surface area contributed by atoms with Gasteiger partial charge in [0, 0.05) is 11.4 Å². The van der Waals surface area contributed by atoms with Crippen LogP contribution in [0.25, 0.3) is 0 Å². The molecule has 20 heavy (non-hydrogen) atoms. The third-order valence-corrected chi connectivity index (χ3v) is 4.00. The van der Waals surface area contributed by atoms with Gasteiger partial charge in [0.15, 0.2) is 0 Å². The van der Waals surface area contributed by atoms with Gasteiger partial charge in [0.05, 0.1) is 10.0 Å². The van der Waals surface area contributed by atoms with E-state index < -0.39 is 0 Å². The van der Waals surface area contributed by atoms with Crippen molar-refractivity contribution in [1.29, 1.82) is 5.26 Å². The number of aryl methyl sites for hydroxylation is 2. The molecule has 0 fully saturated rings. The van der Waals surface area contributed by atoms with Crippen LogP contribution in [0.4, 0.5) is 15.9 Å². The zero-order valence-corrected chi connectivity index (χ0v) is 12.2. The van der Waals surface area contributed by atoms with Crippen LogP contribution < -0.4 is 5.32 Å². The van der Waals surface area contributed by atoms with E-state index >= 15 is 0 Å². The molecule has 1 aliphatic carbocycles. The van der Waals surface area contributed by atoms with Crippen molar-refractivity contribution < 1.29 is 4.39 Å². The summed E-state index contributed by atoms with van der Waals surface area (Å²) in [6, 6.07) is 8.76. The predicted octanol–water partition coefficient (Wildman–Crippen LogP) is 4.09. The molecule has 1 heterocycles. The molecule has 2 aromatic rings. The summed E-state index contributed by atoms with van der Waals surface area (Å²) in [6.45, 7) is 0. The monoisotopic (exact) mass is 331 g/mol. The maximum Gasteiger partial charge on any atom is 0.148 e. The van der Waals surface area contributed by atoms with Crippen LogP contribution >= 0.6 is 15.9 Å². The summed E-state index contributed by atoms with van der Waals surface area (Å²) in [5, 5.41) is 12.2. The van der Waals surface area contributed by atoms with Gasteiger partial charge in [-0.25, -0.2) is 9.37 Å². The molecule has 1 aliphatic rings. The van der Waals surface area contributed by atoms with E-state index in [0.717, 1.165) is 30.5 Å². The number of nitrogens with one attached hydrogen (secondary N) is 1. The molecule has 1 N–H and O–H groups in total. The van der Waals surface area contributed by atoms with Crippen molar-refractivity contribution >= 4 is 27.4 Å². The van der Waals surface area contributed by atoms with E-state index in [4.69, 9.17) is 0 Å². The maximum atomic E-state index is 13.5. The van der Waals surface area contributed by atoms with E-state index in [0.29, 0.717) is 21.5 Å². The van der Waals surface area contributed by atoms with Crippen LogP contribution in [0.1, 0.15) is 23.2 Å². The Hall–Kier alpha value is -1.93. The van der Waals surface area contributed by atoms with Gasteiger partial charge in [0.2, 0.25) is 0 Å². The highest BCUT2D eigenvalue weighted by atomic mass is 79.9. The standard InChI is InChI=1S/C15H11BrFN3/c16-12-5-4-11(7-13(12)17)19-15-10(8-18)6-9-2-1-3-14(9)20-15/h4-7H,1-3H2,(H,19,20). The van der Waals surface area contributed by atoms with E-state index in [1.807, 2.05) is 6.07 Å². The Kier molecular flexibility index (Phi) is 3.41. The largest absolute Gasteiger partial charge is 0.339 e. The van der Waals surface area contributed by atoms with Gasteiger partial charge in [-0.2, -0.15) is 5.26 Å². The molecular weight excluding hydrogens is 321 g/mol. The minimum absolute atomic E-state index is 0.352. The SMILES string of the molecule is N#Cc1cc2c(nc1Nc1ccc(Br)c(F)c1)CCC2. The minimum Gasteiger partial charge on any atom is -0.339 e. The summed E-state index contributed by atoms with van der Waals surface area (Å²) >= 11 is 3.11. The van der Waals surface area contributed by atoms with Gasteiger partial charge in [0.1, 0.15) is 17.7 Å². The molecule has 0 saturated heterocycles. The van der Waals surface area contributed by atoms with Crippen molar-refractivity contribution in [3.05, 3.63) is 51.4 Å². The first-order valence-corrected chi connectivity index (χ1v) is 7.11. The zero-order valence-electron chi connectivity index (χ0n) is 10.6. The number of fused-ring (bicyclic) bond motifs is 1. The lowest BCUT2D eigenvalue weighted by molar-refractivity contribution is 0.622. The zero-order chi connectivity index (χ0) is 14.1. The molecule has 3 nitrogen and oxygen atoms in total. The van der Waals surface area contributed by atoms with Gasteiger partial charge in [-0.05, 0) is 65.0 Å². The van der Waals surface area contributed by atoms with E-state index in [-0.39, 0.29) is 5.82 Å². The van der Waals surface area contributed by atoms with Crippen molar-refractivity contribution in [3.8, 4) is 6.07 Å². The lowest BCUT2D eigenvalue weighted by atomic mass is 10.1. The third kappa shape index (κ3) is 2.39. The minimum atomic E-state index is -0.352. The first-order chi connectivity index (χ1) is 9.67. The fraction of sp³-hybridized carbons (Fsp3) is 0.200. The quantitative estimate of drug-likeness (QED) is 0.901. The summed E-state index contributed by atoms with van der Waals surface area (Å²) in [4.78, 5) is 4.50. The number of pyridine rings is 1. The Morgan fingerprint density at radius 3 is 2.90 bits per heavy atom. The molecule has 5 heteroatoms. The number of hydrogen-bond acceptors (Lipinski definition) is 3. The van der Waals surface area contributed by atoms with E-state index in [2.05, 4.69) is 32.3 Å². The highest BCUT2D eigenvalue weighted by molar-refractivity contribution is 9.10. The average Bonchev–Trinajstić information content (AvgIpc) is 2.89. The Morgan fingerprint density at radius 1 is 1.30 bits per heavy atom. The molecule has 100 valence electrons. The Bertz CT molecular complexity index is 722. The first-order valence-electron chi connectivity index (χ1n) is 6.32. The first kappa shape index (κ1) is 13.1. The predicted molar refractivity (Wildman–Crippen MR) is 78.4 cm³/mol. The van der Waals surface area contributed by atoms with Crippen molar-refractivity contribution in [3.63, 3.8) is 0 Å². The third-order valence-electron chi connectivity index (χ3n) is 3.35. The molecule has 0 radical (unpaired) electrons. The molecule has 0 atom stereocenters. The Balaban J connectivity index is 1.98. The van der Waals surface area contributed by atoms with Gasteiger partial charge in [0.25, 0.3) is 0 Å².